The van der Waals surface area contributed by atoms with E-state index in [1.54, 1.807) is 0 Å². The van der Waals surface area contributed by atoms with Crippen molar-refractivity contribution < 1.29 is 4.74 Å². The van der Waals surface area contributed by atoms with Gasteiger partial charge in [-0.2, -0.15) is 0 Å². The van der Waals surface area contributed by atoms with Gasteiger partial charge < -0.3 is 10.5 Å². The first-order valence-corrected chi connectivity index (χ1v) is 3.25. The number of hydrogen-bond donors (Lipinski definition) is 1. The summed E-state index contributed by atoms with van der Waals surface area (Å²) >= 11 is 0. The highest BCUT2D eigenvalue weighted by atomic mass is 16.5. The van der Waals surface area contributed by atoms with Crippen LogP contribution in [0.3, 0.4) is 0 Å². The second kappa shape index (κ2) is 3.25. The van der Waals surface area contributed by atoms with Gasteiger partial charge in [-0.25, -0.2) is 0 Å². The molecule has 0 saturated carbocycles. The zero-order valence-corrected chi connectivity index (χ0v) is 6.57. The molecule has 12 heavy (non-hydrogen) atoms. The molecule has 1 rings (SSSR count). The third-order valence-electron chi connectivity index (χ3n) is 1.46. The third kappa shape index (κ3) is 1.39. The number of ether oxygens (including phenoxy) is 1. The van der Waals surface area contributed by atoms with E-state index >= 15 is 0 Å². The molecule has 0 heterocycles. The summed E-state index contributed by atoms with van der Waals surface area (Å²) in [4.78, 5) is 10.2. The minimum Gasteiger partial charge on any atom is -0.495 e. The lowest BCUT2D eigenvalue weighted by atomic mass is 9.95. The Labute approximate surface area is 71.1 Å². The van der Waals surface area contributed by atoms with E-state index in [-0.39, 0.29) is 11.4 Å². The number of anilines is 1. The summed E-state index contributed by atoms with van der Waals surface area (Å²) < 4.78 is 4.86. The molecule has 2 radical (unpaired) electrons. The average molecular weight is 162 g/mol. The summed E-state index contributed by atoms with van der Waals surface area (Å²) in [7, 11) is 6.89. The number of rotatable bonds is 2. The molecule has 0 amide bonds. The van der Waals surface area contributed by atoms with Crippen LogP contribution >= 0.6 is 0 Å². The first kappa shape index (κ1) is 8.58. The van der Waals surface area contributed by atoms with Crippen molar-refractivity contribution in [2.45, 2.75) is 0 Å². The minimum atomic E-state index is 0.104. The molecule has 2 N–H and O–H groups in total. The van der Waals surface area contributed by atoms with Crippen LogP contribution in [-0.4, -0.2) is 15.0 Å². The number of benzene rings is 1. The van der Waals surface area contributed by atoms with Crippen LogP contribution in [-0.2, 0) is 0 Å². The highest BCUT2D eigenvalue weighted by Gasteiger charge is 2.06. The molecule has 0 spiro atoms. The quantitative estimate of drug-likeness (QED) is 0.390. The summed E-state index contributed by atoms with van der Waals surface area (Å²) in [6.07, 6.45) is 0. The molecule has 0 aliphatic carbocycles. The Kier molecular flexibility index (Phi) is 2.33. The molecule has 0 aliphatic heterocycles. The Morgan fingerprint density at radius 2 is 2.25 bits per heavy atom. The monoisotopic (exact) mass is 162 g/mol. The van der Waals surface area contributed by atoms with Gasteiger partial charge in [-0.3, -0.25) is 0 Å². The number of nitrogens with two attached hydrogens (primary N) is 1. The SMILES string of the molecule is [B]c1cc(N=O)c(N)c(OC)c1. The van der Waals surface area contributed by atoms with E-state index in [2.05, 4.69) is 5.18 Å². The lowest BCUT2D eigenvalue weighted by Gasteiger charge is -2.06. The summed E-state index contributed by atoms with van der Waals surface area (Å²) in [5.74, 6) is 0.365. The van der Waals surface area contributed by atoms with Crippen molar-refractivity contribution in [3.63, 3.8) is 0 Å². The standard InChI is InChI=1S/C7H7BN2O2/c1-12-6-3-4(8)2-5(10-11)7(6)9/h2-3H,9H2,1H3. The number of nitrogens with zero attached hydrogens (tertiary/aromatic N) is 1. The Hall–Kier alpha value is -1.52. The van der Waals surface area contributed by atoms with Gasteiger partial charge in [0.2, 0.25) is 0 Å². The van der Waals surface area contributed by atoms with Crippen LogP contribution in [0.15, 0.2) is 17.3 Å². The normalized spacial score (nSPS) is 9.42. The third-order valence-corrected chi connectivity index (χ3v) is 1.46. The Balaban J connectivity index is 3.31. The van der Waals surface area contributed by atoms with Crippen LogP contribution in [0.5, 0.6) is 5.75 Å². The number of hydrogen-bond acceptors (Lipinski definition) is 4. The van der Waals surface area contributed by atoms with Gasteiger partial charge in [0.05, 0.1) is 7.11 Å². The van der Waals surface area contributed by atoms with Crippen molar-refractivity contribution in [1.82, 2.24) is 0 Å². The fourth-order valence-electron chi connectivity index (χ4n) is 0.877. The smallest absolute Gasteiger partial charge is 0.143 e. The fourth-order valence-corrected chi connectivity index (χ4v) is 0.877. The van der Waals surface area contributed by atoms with Crippen LogP contribution < -0.4 is 15.9 Å². The maximum absolute atomic E-state index is 10.2. The maximum Gasteiger partial charge on any atom is 0.143 e. The number of nitroso groups, excluding NO2 is 1. The molecule has 4 nitrogen and oxygen atoms in total. The Bertz CT molecular complexity index is 315. The maximum atomic E-state index is 10.2. The van der Waals surface area contributed by atoms with Gasteiger partial charge in [0.1, 0.15) is 25.0 Å². The second-order valence-corrected chi connectivity index (χ2v) is 2.25. The van der Waals surface area contributed by atoms with E-state index in [0.717, 1.165) is 0 Å². The number of nitrogen functional groups attached to an aromatic ring is 1. The van der Waals surface area contributed by atoms with Crippen LogP contribution in [0.2, 0.25) is 0 Å². The lowest BCUT2D eigenvalue weighted by Crippen LogP contribution is -2.04. The minimum absolute atomic E-state index is 0.104. The van der Waals surface area contributed by atoms with Crippen molar-refractivity contribution in [3.8, 4) is 5.75 Å². The predicted octanol–water partition coefficient (Wildman–Crippen LogP) is 0.469. The first-order valence-electron chi connectivity index (χ1n) is 3.25. The van der Waals surface area contributed by atoms with Gasteiger partial charge in [0.25, 0.3) is 0 Å². The summed E-state index contributed by atoms with van der Waals surface area (Å²) in [5.41, 5.74) is 6.21. The summed E-state index contributed by atoms with van der Waals surface area (Å²) in [5, 5.41) is 2.70. The zero-order valence-electron chi connectivity index (χ0n) is 6.57. The summed E-state index contributed by atoms with van der Waals surface area (Å²) in [6.45, 7) is 0. The van der Waals surface area contributed by atoms with Gasteiger partial charge in [-0.05, 0) is 17.3 Å². The van der Waals surface area contributed by atoms with Gasteiger partial charge in [0, 0.05) is 0 Å². The highest BCUT2D eigenvalue weighted by molar-refractivity contribution is 6.33. The van der Waals surface area contributed by atoms with E-state index in [4.69, 9.17) is 18.3 Å². The molecule has 0 unspecified atom stereocenters. The average Bonchev–Trinajstić information content (AvgIpc) is 2.08. The lowest BCUT2D eigenvalue weighted by molar-refractivity contribution is 0.417. The zero-order chi connectivity index (χ0) is 9.14. The van der Waals surface area contributed by atoms with E-state index < -0.39 is 0 Å². The van der Waals surface area contributed by atoms with Crippen LogP contribution in [0, 0.1) is 4.91 Å². The largest absolute Gasteiger partial charge is 0.495 e. The topological polar surface area (TPSA) is 64.7 Å². The van der Waals surface area contributed by atoms with E-state index in [0.29, 0.717) is 11.2 Å². The van der Waals surface area contributed by atoms with Crippen molar-refractivity contribution in [2.75, 3.05) is 12.8 Å². The molecular formula is C7H7BN2O2. The van der Waals surface area contributed by atoms with Crippen molar-refractivity contribution in [1.29, 1.82) is 0 Å². The van der Waals surface area contributed by atoms with Crippen LogP contribution in [0.25, 0.3) is 0 Å². The highest BCUT2D eigenvalue weighted by Crippen LogP contribution is 2.29. The predicted molar refractivity (Wildman–Crippen MR) is 48.2 cm³/mol. The van der Waals surface area contributed by atoms with Crippen LogP contribution in [0.4, 0.5) is 11.4 Å². The van der Waals surface area contributed by atoms with E-state index in [1.165, 1.54) is 19.2 Å². The molecule has 0 aliphatic rings. The Morgan fingerprint density at radius 1 is 1.58 bits per heavy atom. The van der Waals surface area contributed by atoms with Gasteiger partial charge >= 0.3 is 0 Å². The summed E-state index contributed by atoms with van der Waals surface area (Å²) in [6, 6.07) is 2.93. The van der Waals surface area contributed by atoms with E-state index in [9.17, 15) is 4.91 Å². The van der Waals surface area contributed by atoms with Crippen molar-refractivity contribution in [2.24, 2.45) is 5.18 Å². The second-order valence-electron chi connectivity index (χ2n) is 2.25. The molecule has 0 aromatic heterocycles. The molecule has 0 saturated heterocycles. The van der Waals surface area contributed by atoms with Crippen molar-refractivity contribution >= 4 is 24.7 Å². The Morgan fingerprint density at radius 3 is 2.75 bits per heavy atom. The molecular weight excluding hydrogens is 155 g/mol. The molecule has 0 fully saturated rings. The molecule has 0 bridgehead atoms. The number of methoxy groups -OCH3 is 1. The first-order chi connectivity index (χ1) is 5.69. The van der Waals surface area contributed by atoms with Gasteiger partial charge in [0.15, 0.2) is 0 Å². The molecule has 0 atom stereocenters. The van der Waals surface area contributed by atoms with E-state index in [1.807, 2.05) is 0 Å². The van der Waals surface area contributed by atoms with Gasteiger partial charge in [-0.1, -0.05) is 5.46 Å². The molecule has 1 aromatic carbocycles. The van der Waals surface area contributed by atoms with Crippen molar-refractivity contribution in [3.05, 3.63) is 17.0 Å². The molecule has 5 heteroatoms. The molecule has 60 valence electrons. The fraction of sp³-hybridized carbons (Fsp3) is 0.143. The van der Waals surface area contributed by atoms with Crippen LogP contribution in [0.1, 0.15) is 0 Å². The molecule has 1 aromatic rings. The van der Waals surface area contributed by atoms with Gasteiger partial charge in [-0.15, -0.1) is 4.91 Å².